The molecule has 5 rings (SSSR count). The highest BCUT2D eigenvalue weighted by Gasteiger charge is 2.27. The van der Waals surface area contributed by atoms with Gasteiger partial charge in [-0.25, -0.2) is 0 Å². The molecule has 0 bridgehead atoms. The van der Waals surface area contributed by atoms with Gasteiger partial charge in [-0.05, 0) is 49.7 Å². The minimum atomic E-state index is -0.320. The van der Waals surface area contributed by atoms with Crippen LogP contribution >= 0.6 is 0 Å². The predicted molar refractivity (Wildman–Crippen MR) is 114 cm³/mol. The maximum Gasteiger partial charge on any atom is 0.303 e. The van der Waals surface area contributed by atoms with E-state index in [1.165, 1.54) is 13.3 Å². The molecule has 0 amide bonds. The van der Waals surface area contributed by atoms with Gasteiger partial charge >= 0.3 is 5.97 Å². The molecule has 0 unspecified atom stereocenters. The van der Waals surface area contributed by atoms with E-state index in [2.05, 4.69) is 10.1 Å². The quantitative estimate of drug-likeness (QED) is 0.505. The molecule has 0 aliphatic carbocycles. The number of likely N-dealkylation sites (tertiary alicyclic amines) is 1. The van der Waals surface area contributed by atoms with E-state index in [4.69, 9.17) is 23.2 Å². The normalized spacial score (nSPS) is 18.5. The SMILES string of the molecule is CC(=O)OCc1ccc(CN2CCCCC[C@@H]2c2cc(-c3ccc4c(c3)OCO4)on2)o1. The van der Waals surface area contributed by atoms with Crippen LogP contribution in [0.25, 0.3) is 11.3 Å². The molecule has 1 atom stereocenters. The Balaban J connectivity index is 1.33. The Hall–Kier alpha value is -3.26. The van der Waals surface area contributed by atoms with Gasteiger partial charge in [0.15, 0.2) is 17.3 Å². The Morgan fingerprint density at radius 3 is 2.88 bits per heavy atom. The van der Waals surface area contributed by atoms with Crippen LogP contribution in [0.5, 0.6) is 11.5 Å². The van der Waals surface area contributed by atoms with Gasteiger partial charge in [0, 0.05) is 18.6 Å². The third-order valence-electron chi connectivity index (χ3n) is 5.88. The number of esters is 1. The standard InChI is InChI=1S/C24H26N2O6/c1-16(27)28-14-19-8-7-18(31-19)13-26-10-4-2-3-5-21(26)20-12-23(32-25-20)17-6-9-22-24(11-17)30-15-29-22/h6-9,11-12,21H,2-5,10,13-15H2,1H3/t21-/m1/s1. The summed E-state index contributed by atoms with van der Waals surface area (Å²) in [7, 11) is 0. The van der Waals surface area contributed by atoms with Crippen LogP contribution in [0, 0.1) is 0 Å². The third kappa shape index (κ3) is 4.50. The maximum atomic E-state index is 11.0. The second-order valence-corrected chi connectivity index (χ2v) is 8.17. The Morgan fingerprint density at radius 2 is 1.97 bits per heavy atom. The number of rotatable bonds is 6. The van der Waals surface area contributed by atoms with Crippen molar-refractivity contribution in [2.24, 2.45) is 0 Å². The van der Waals surface area contributed by atoms with Crippen LogP contribution in [0.1, 0.15) is 55.9 Å². The van der Waals surface area contributed by atoms with E-state index in [9.17, 15) is 4.79 Å². The molecule has 0 N–H and O–H groups in total. The van der Waals surface area contributed by atoms with Gasteiger partial charge in [0.25, 0.3) is 0 Å². The lowest BCUT2D eigenvalue weighted by molar-refractivity contribution is -0.142. The monoisotopic (exact) mass is 438 g/mol. The number of nitrogens with zero attached hydrogens (tertiary/aromatic N) is 2. The number of aromatic nitrogens is 1. The van der Waals surface area contributed by atoms with Gasteiger partial charge in [-0.15, -0.1) is 0 Å². The number of fused-ring (bicyclic) bond motifs is 1. The van der Waals surface area contributed by atoms with E-state index in [-0.39, 0.29) is 25.4 Å². The largest absolute Gasteiger partial charge is 0.461 e. The van der Waals surface area contributed by atoms with Gasteiger partial charge in [0.2, 0.25) is 6.79 Å². The van der Waals surface area contributed by atoms with Crippen molar-refractivity contribution in [3.05, 3.63) is 53.6 Å². The van der Waals surface area contributed by atoms with E-state index in [0.717, 1.165) is 54.3 Å². The molecule has 1 aromatic carbocycles. The maximum absolute atomic E-state index is 11.0. The van der Waals surface area contributed by atoms with E-state index < -0.39 is 0 Å². The first kappa shape index (κ1) is 20.6. The summed E-state index contributed by atoms with van der Waals surface area (Å²) >= 11 is 0. The molecule has 8 nitrogen and oxygen atoms in total. The zero-order chi connectivity index (χ0) is 21.9. The van der Waals surface area contributed by atoms with Crippen molar-refractivity contribution < 1.29 is 27.9 Å². The Morgan fingerprint density at radius 1 is 1.09 bits per heavy atom. The number of furan rings is 1. The van der Waals surface area contributed by atoms with Crippen LogP contribution in [-0.4, -0.2) is 29.4 Å². The fraction of sp³-hybridized carbons (Fsp3) is 0.417. The Labute approximate surface area is 186 Å². The van der Waals surface area contributed by atoms with E-state index in [0.29, 0.717) is 18.1 Å². The molecule has 0 radical (unpaired) electrons. The van der Waals surface area contributed by atoms with Crippen LogP contribution in [0.15, 0.2) is 45.3 Å². The predicted octanol–water partition coefficient (Wildman–Crippen LogP) is 4.84. The molecule has 0 spiro atoms. The van der Waals surface area contributed by atoms with E-state index >= 15 is 0 Å². The molecule has 1 fully saturated rings. The minimum absolute atomic E-state index is 0.144. The number of benzene rings is 1. The summed E-state index contributed by atoms with van der Waals surface area (Å²) in [5, 5.41) is 4.42. The van der Waals surface area contributed by atoms with Gasteiger partial charge in [-0.1, -0.05) is 18.0 Å². The summed E-state index contributed by atoms with van der Waals surface area (Å²) in [6, 6.07) is 11.7. The summed E-state index contributed by atoms with van der Waals surface area (Å²) in [4.78, 5) is 13.4. The van der Waals surface area contributed by atoms with Crippen molar-refractivity contribution in [2.45, 2.75) is 51.8 Å². The summed E-state index contributed by atoms with van der Waals surface area (Å²) in [5.41, 5.74) is 1.83. The number of carbonyl (C=O) groups is 1. The van der Waals surface area contributed by atoms with Crippen molar-refractivity contribution in [1.29, 1.82) is 0 Å². The van der Waals surface area contributed by atoms with Crippen molar-refractivity contribution in [2.75, 3.05) is 13.3 Å². The van der Waals surface area contributed by atoms with E-state index in [1.54, 1.807) is 0 Å². The van der Waals surface area contributed by atoms with Crippen LogP contribution < -0.4 is 9.47 Å². The van der Waals surface area contributed by atoms with Crippen LogP contribution in [0.3, 0.4) is 0 Å². The summed E-state index contributed by atoms with van der Waals surface area (Å²) in [5.74, 6) is 3.35. The molecule has 2 aliphatic heterocycles. The molecule has 32 heavy (non-hydrogen) atoms. The lowest BCUT2D eigenvalue weighted by Gasteiger charge is -2.27. The fourth-order valence-electron chi connectivity index (χ4n) is 4.28. The molecule has 0 saturated carbocycles. The minimum Gasteiger partial charge on any atom is -0.461 e. The first-order valence-corrected chi connectivity index (χ1v) is 11.0. The van der Waals surface area contributed by atoms with Gasteiger partial charge in [0.1, 0.15) is 23.8 Å². The molecule has 1 saturated heterocycles. The lowest BCUT2D eigenvalue weighted by atomic mass is 10.0. The van der Waals surface area contributed by atoms with Crippen molar-refractivity contribution in [3.8, 4) is 22.8 Å². The fourth-order valence-corrected chi connectivity index (χ4v) is 4.28. The molecule has 2 aliphatic rings. The van der Waals surface area contributed by atoms with E-state index in [1.807, 2.05) is 36.4 Å². The number of hydrogen-bond acceptors (Lipinski definition) is 8. The topological polar surface area (TPSA) is 87.2 Å². The lowest BCUT2D eigenvalue weighted by Crippen LogP contribution is -2.28. The number of hydrogen-bond donors (Lipinski definition) is 0. The summed E-state index contributed by atoms with van der Waals surface area (Å²) in [6.07, 6.45) is 4.47. The van der Waals surface area contributed by atoms with Gasteiger partial charge in [-0.2, -0.15) is 0 Å². The van der Waals surface area contributed by atoms with Crippen molar-refractivity contribution >= 4 is 5.97 Å². The molecule has 4 heterocycles. The number of carbonyl (C=O) groups excluding carboxylic acids is 1. The average Bonchev–Trinajstić information content (AvgIpc) is 3.51. The van der Waals surface area contributed by atoms with Crippen LogP contribution in [0.2, 0.25) is 0 Å². The van der Waals surface area contributed by atoms with Gasteiger partial charge in [0.05, 0.1) is 12.6 Å². The van der Waals surface area contributed by atoms with Gasteiger partial charge in [-0.3, -0.25) is 9.69 Å². The third-order valence-corrected chi connectivity index (χ3v) is 5.88. The highest BCUT2D eigenvalue weighted by atomic mass is 16.7. The smallest absolute Gasteiger partial charge is 0.303 e. The first-order chi connectivity index (χ1) is 15.7. The zero-order valence-electron chi connectivity index (χ0n) is 18.0. The van der Waals surface area contributed by atoms with Gasteiger partial charge < -0.3 is 23.2 Å². The highest BCUT2D eigenvalue weighted by Crippen LogP contribution is 2.38. The van der Waals surface area contributed by atoms with Crippen molar-refractivity contribution in [3.63, 3.8) is 0 Å². The molecular formula is C24H26N2O6. The Kier molecular flexibility index (Phi) is 5.85. The molecule has 2 aromatic heterocycles. The zero-order valence-corrected chi connectivity index (χ0v) is 18.0. The summed E-state index contributed by atoms with van der Waals surface area (Å²) < 4.78 is 27.5. The Bertz CT molecular complexity index is 1090. The first-order valence-electron chi connectivity index (χ1n) is 11.0. The molecule has 8 heteroatoms. The molecule has 3 aromatic rings. The summed E-state index contributed by atoms with van der Waals surface area (Å²) in [6.45, 7) is 3.41. The number of ether oxygens (including phenoxy) is 3. The van der Waals surface area contributed by atoms with Crippen molar-refractivity contribution in [1.82, 2.24) is 10.1 Å². The second kappa shape index (κ2) is 9.08. The second-order valence-electron chi connectivity index (χ2n) is 8.17. The molecular weight excluding hydrogens is 412 g/mol. The van der Waals surface area contributed by atoms with Crippen LogP contribution in [-0.2, 0) is 22.7 Å². The highest BCUT2D eigenvalue weighted by molar-refractivity contribution is 5.65. The van der Waals surface area contributed by atoms with Crippen LogP contribution in [0.4, 0.5) is 0 Å². The molecule has 168 valence electrons. The average molecular weight is 438 g/mol.